The van der Waals surface area contributed by atoms with Gasteiger partial charge in [-0.2, -0.15) is 5.21 Å². The number of nitrogens with one attached hydrogen (secondary N) is 2. The van der Waals surface area contributed by atoms with Crippen molar-refractivity contribution in [3.05, 3.63) is 4.77 Å². The van der Waals surface area contributed by atoms with Crippen molar-refractivity contribution in [1.29, 1.82) is 0 Å². The second-order valence-electron chi connectivity index (χ2n) is 3.53. The van der Waals surface area contributed by atoms with Crippen molar-refractivity contribution < 1.29 is 9.53 Å². The molecule has 0 saturated carbocycles. The fourth-order valence-electron chi connectivity index (χ4n) is 0.662. The number of tetrazole rings is 1. The van der Waals surface area contributed by atoms with Gasteiger partial charge in [0.05, 0.1) is 0 Å². The van der Waals surface area contributed by atoms with Gasteiger partial charge in [0.2, 0.25) is 0 Å². The summed E-state index contributed by atoms with van der Waals surface area (Å²) in [4.78, 5) is 12.3. The van der Waals surface area contributed by atoms with Crippen LogP contribution < -0.4 is 5.43 Å². The predicted molar refractivity (Wildman–Crippen MR) is 50.8 cm³/mol. The molecule has 0 aliphatic carbocycles. The van der Waals surface area contributed by atoms with Crippen LogP contribution in [0.4, 0.5) is 4.79 Å². The maximum atomic E-state index is 11.2. The lowest BCUT2D eigenvalue weighted by Gasteiger charge is -2.19. The van der Waals surface area contributed by atoms with E-state index in [-0.39, 0.29) is 4.77 Å². The molecule has 0 bridgehead atoms. The van der Waals surface area contributed by atoms with Gasteiger partial charge in [-0.3, -0.25) is 0 Å². The van der Waals surface area contributed by atoms with E-state index in [1.54, 1.807) is 20.8 Å². The molecular formula is C6H11N5O2S. The minimum absolute atomic E-state index is 0.121. The standard InChI is InChI=1S/C6H11N5O2S/c1-6(2,3)13-5(12)8-11-4(14)7-9-10-11/h1-3H3,(H,8,12)(H,7,10,14). The highest BCUT2D eigenvalue weighted by molar-refractivity contribution is 7.71. The van der Waals surface area contributed by atoms with Crippen LogP contribution in [0, 0.1) is 4.77 Å². The molecule has 14 heavy (non-hydrogen) atoms. The third-order valence-corrected chi connectivity index (χ3v) is 1.34. The molecule has 0 saturated heterocycles. The molecule has 8 heteroatoms. The van der Waals surface area contributed by atoms with Crippen molar-refractivity contribution in [2.24, 2.45) is 0 Å². The minimum atomic E-state index is -0.625. The van der Waals surface area contributed by atoms with Crippen LogP contribution in [0.5, 0.6) is 0 Å². The first-order valence-corrected chi connectivity index (χ1v) is 4.29. The number of H-pyrrole nitrogens is 1. The Bertz CT molecular complexity index is 376. The number of aromatic nitrogens is 4. The zero-order valence-corrected chi connectivity index (χ0v) is 8.88. The second kappa shape index (κ2) is 3.74. The first kappa shape index (κ1) is 10.6. The maximum absolute atomic E-state index is 11.2. The molecular weight excluding hydrogens is 206 g/mol. The van der Waals surface area contributed by atoms with Crippen LogP contribution in [0.1, 0.15) is 20.8 Å². The van der Waals surface area contributed by atoms with Crippen LogP contribution >= 0.6 is 12.2 Å². The Morgan fingerprint density at radius 1 is 1.64 bits per heavy atom. The molecule has 7 nitrogen and oxygen atoms in total. The Morgan fingerprint density at radius 3 is 2.71 bits per heavy atom. The number of nitrogens with zero attached hydrogens (tertiary/aromatic N) is 3. The average Bonchev–Trinajstić information content (AvgIpc) is 2.32. The summed E-state index contributed by atoms with van der Waals surface area (Å²) in [6, 6.07) is 0. The Balaban J connectivity index is 2.59. The van der Waals surface area contributed by atoms with E-state index >= 15 is 0 Å². The van der Waals surface area contributed by atoms with E-state index in [1.807, 2.05) is 0 Å². The zero-order valence-electron chi connectivity index (χ0n) is 8.07. The first-order chi connectivity index (χ1) is 6.38. The summed E-state index contributed by atoms with van der Waals surface area (Å²) in [5.74, 6) is 0. The summed E-state index contributed by atoms with van der Waals surface area (Å²) in [7, 11) is 0. The molecule has 0 atom stereocenters. The molecule has 0 radical (unpaired) electrons. The molecule has 0 fully saturated rings. The van der Waals surface area contributed by atoms with E-state index in [4.69, 9.17) is 17.0 Å². The molecule has 1 aromatic heterocycles. The molecule has 0 aliphatic rings. The summed E-state index contributed by atoms with van der Waals surface area (Å²) < 4.78 is 5.09. The lowest BCUT2D eigenvalue weighted by atomic mass is 10.2. The quantitative estimate of drug-likeness (QED) is 0.680. The van der Waals surface area contributed by atoms with Crippen LogP contribution in [0.3, 0.4) is 0 Å². The van der Waals surface area contributed by atoms with Gasteiger partial charge < -0.3 is 4.74 Å². The fourth-order valence-corrected chi connectivity index (χ4v) is 0.790. The van der Waals surface area contributed by atoms with E-state index in [9.17, 15) is 4.79 Å². The molecule has 1 amide bonds. The first-order valence-electron chi connectivity index (χ1n) is 3.88. The van der Waals surface area contributed by atoms with Crippen LogP contribution in [-0.4, -0.2) is 32.0 Å². The molecule has 2 N–H and O–H groups in total. The van der Waals surface area contributed by atoms with Gasteiger partial charge in [-0.1, -0.05) is 5.10 Å². The molecule has 1 rings (SSSR count). The number of rotatable bonds is 1. The van der Waals surface area contributed by atoms with Crippen molar-refractivity contribution >= 4 is 18.3 Å². The monoisotopic (exact) mass is 217 g/mol. The van der Waals surface area contributed by atoms with E-state index < -0.39 is 11.7 Å². The molecule has 78 valence electrons. The molecule has 0 aliphatic heterocycles. The smallest absolute Gasteiger partial charge is 0.428 e. The molecule has 0 aromatic carbocycles. The number of aromatic amines is 1. The molecule has 1 heterocycles. The number of carbonyl (C=O) groups is 1. The van der Waals surface area contributed by atoms with Crippen LogP contribution in [0.2, 0.25) is 0 Å². The minimum Gasteiger partial charge on any atom is -0.443 e. The van der Waals surface area contributed by atoms with Crippen LogP contribution in [0.25, 0.3) is 0 Å². The number of hydrogen-bond donors (Lipinski definition) is 2. The van der Waals surface area contributed by atoms with Crippen molar-refractivity contribution in [2.75, 3.05) is 5.43 Å². The van der Waals surface area contributed by atoms with Crippen molar-refractivity contribution in [2.45, 2.75) is 26.4 Å². The van der Waals surface area contributed by atoms with Crippen LogP contribution in [-0.2, 0) is 4.74 Å². The average molecular weight is 217 g/mol. The van der Waals surface area contributed by atoms with Crippen molar-refractivity contribution in [3.63, 3.8) is 0 Å². The third kappa shape index (κ3) is 3.13. The highest BCUT2D eigenvalue weighted by Crippen LogP contribution is 2.06. The largest absolute Gasteiger partial charge is 0.443 e. The molecule has 1 aromatic rings. The zero-order chi connectivity index (χ0) is 10.8. The van der Waals surface area contributed by atoms with Gasteiger partial charge in [-0.25, -0.2) is 10.2 Å². The van der Waals surface area contributed by atoms with Crippen LogP contribution in [0.15, 0.2) is 0 Å². The molecule has 0 unspecified atom stereocenters. The highest BCUT2D eigenvalue weighted by atomic mass is 32.1. The Kier molecular flexibility index (Phi) is 2.84. The van der Waals surface area contributed by atoms with Gasteiger partial charge in [0.15, 0.2) is 0 Å². The summed E-state index contributed by atoms with van der Waals surface area (Å²) in [5, 5.41) is 9.21. The lowest BCUT2D eigenvalue weighted by Crippen LogP contribution is -2.32. The van der Waals surface area contributed by atoms with Gasteiger partial charge in [0.1, 0.15) is 5.60 Å². The summed E-state index contributed by atoms with van der Waals surface area (Å²) >= 11 is 4.73. The molecule has 0 spiro atoms. The van der Waals surface area contributed by atoms with Crippen molar-refractivity contribution in [1.82, 2.24) is 20.3 Å². The van der Waals surface area contributed by atoms with E-state index in [0.29, 0.717) is 0 Å². The van der Waals surface area contributed by atoms with Gasteiger partial charge in [-0.05, 0) is 38.2 Å². The number of amides is 1. The Labute approximate surface area is 85.4 Å². The van der Waals surface area contributed by atoms with Gasteiger partial charge in [-0.15, -0.1) is 4.79 Å². The number of hydrogen-bond acceptors (Lipinski definition) is 5. The SMILES string of the molecule is CC(C)(C)OC(=O)Nn1[nH]nnc1=S. The van der Waals surface area contributed by atoms with Gasteiger partial charge >= 0.3 is 6.09 Å². The van der Waals surface area contributed by atoms with E-state index in [1.165, 1.54) is 0 Å². The van der Waals surface area contributed by atoms with E-state index in [0.717, 1.165) is 4.79 Å². The lowest BCUT2D eigenvalue weighted by molar-refractivity contribution is 0.0608. The summed E-state index contributed by atoms with van der Waals surface area (Å²) in [6.07, 6.45) is -0.625. The highest BCUT2D eigenvalue weighted by Gasteiger charge is 2.16. The van der Waals surface area contributed by atoms with E-state index in [2.05, 4.69) is 21.0 Å². The Hall–Kier alpha value is -1.44. The maximum Gasteiger partial charge on any atom is 0.428 e. The number of ether oxygens (including phenoxy) is 1. The summed E-state index contributed by atoms with van der Waals surface area (Å²) in [6.45, 7) is 5.28. The Morgan fingerprint density at radius 2 is 2.29 bits per heavy atom. The fraction of sp³-hybridized carbons (Fsp3) is 0.667. The topological polar surface area (TPSA) is 84.8 Å². The van der Waals surface area contributed by atoms with Gasteiger partial charge in [0.25, 0.3) is 4.77 Å². The second-order valence-corrected chi connectivity index (χ2v) is 3.90. The third-order valence-electron chi connectivity index (χ3n) is 1.07. The normalized spacial score (nSPS) is 11.1. The van der Waals surface area contributed by atoms with Crippen molar-refractivity contribution in [3.8, 4) is 0 Å². The summed E-state index contributed by atoms with van der Waals surface area (Å²) in [5.41, 5.74) is 1.76. The predicted octanol–water partition coefficient (Wildman–Crippen LogP) is 0.814. The number of carbonyl (C=O) groups excluding carboxylic acids is 1. The van der Waals surface area contributed by atoms with Gasteiger partial charge in [0, 0.05) is 0 Å².